The number of alkyl carbamates (subject to hydrolysis) is 1. The minimum absolute atomic E-state index is 0.000700. The third-order valence-electron chi connectivity index (χ3n) is 5.79. The zero-order valence-corrected chi connectivity index (χ0v) is 19.2. The number of anilines is 1. The fourth-order valence-corrected chi connectivity index (χ4v) is 4.25. The van der Waals surface area contributed by atoms with E-state index in [0.717, 1.165) is 22.4 Å². The Morgan fingerprint density at radius 1 is 1.09 bits per heavy atom. The van der Waals surface area contributed by atoms with E-state index in [0.29, 0.717) is 24.0 Å². The molecule has 2 heterocycles. The summed E-state index contributed by atoms with van der Waals surface area (Å²) in [5, 5.41) is 5.66. The van der Waals surface area contributed by atoms with E-state index < -0.39 is 17.7 Å². The summed E-state index contributed by atoms with van der Waals surface area (Å²) >= 11 is 0. The standard InChI is InChI=1S/C25H27N3O5/c1-14-15(9-10-20-19(14)12-21(29)27-20)11-16(26-24(32)33-25(2,3)4)13-28-22(30)17-7-5-6-8-18(17)23(28)31/h5-10,16H,11-13H2,1-4H3,(H,26,32)(H,27,29)/t16-/m0/s1. The van der Waals surface area contributed by atoms with Gasteiger partial charge in [0.25, 0.3) is 11.8 Å². The van der Waals surface area contributed by atoms with Gasteiger partial charge in [-0.25, -0.2) is 4.79 Å². The maximum absolute atomic E-state index is 12.9. The Balaban J connectivity index is 1.59. The van der Waals surface area contributed by atoms with Crippen molar-refractivity contribution in [1.29, 1.82) is 0 Å². The summed E-state index contributed by atoms with van der Waals surface area (Å²) in [4.78, 5) is 51.3. The zero-order valence-electron chi connectivity index (χ0n) is 19.2. The van der Waals surface area contributed by atoms with Gasteiger partial charge in [0, 0.05) is 5.69 Å². The normalized spacial score (nSPS) is 15.8. The van der Waals surface area contributed by atoms with E-state index in [1.807, 2.05) is 19.1 Å². The quantitative estimate of drug-likeness (QED) is 0.682. The van der Waals surface area contributed by atoms with Crippen LogP contribution in [0, 0.1) is 6.92 Å². The largest absolute Gasteiger partial charge is 0.444 e. The van der Waals surface area contributed by atoms with Crippen molar-refractivity contribution >= 4 is 29.5 Å². The Bertz CT molecular complexity index is 1130. The van der Waals surface area contributed by atoms with Crippen LogP contribution in [0.25, 0.3) is 0 Å². The van der Waals surface area contributed by atoms with Gasteiger partial charge in [-0.2, -0.15) is 0 Å². The first-order valence-corrected chi connectivity index (χ1v) is 10.9. The second-order valence-corrected chi connectivity index (χ2v) is 9.41. The summed E-state index contributed by atoms with van der Waals surface area (Å²) in [5.74, 6) is -0.821. The Morgan fingerprint density at radius 2 is 1.73 bits per heavy atom. The summed E-state index contributed by atoms with van der Waals surface area (Å²) in [6, 6.07) is 9.84. The molecule has 0 spiro atoms. The van der Waals surface area contributed by atoms with Crippen molar-refractivity contribution in [2.45, 2.75) is 52.2 Å². The van der Waals surface area contributed by atoms with Crippen LogP contribution in [0.2, 0.25) is 0 Å². The number of amides is 4. The number of nitrogens with one attached hydrogen (secondary N) is 2. The number of imide groups is 1. The first kappa shape index (κ1) is 22.5. The van der Waals surface area contributed by atoms with E-state index in [2.05, 4.69) is 10.6 Å². The smallest absolute Gasteiger partial charge is 0.407 e. The van der Waals surface area contributed by atoms with E-state index in [4.69, 9.17) is 4.74 Å². The van der Waals surface area contributed by atoms with Gasteiger partial charge in [-0.3, -0.25) is 19.3 Å². The maximum atomic E-state index is 12.9. The predicted molar refractivity (Wildman–Crippen MR) is 122 cm³/mol. The molecule has 0 aromatic heterocycles. The second-order valence-electron chi connectivity index (χ2n) is 9.41. The van der Waals surface area contributed by atoms with Gasteiger partial charge in [-0.1, -0.05) is 18.2 Å². The van der Waals surface area contributed by atoms with Gasteiger partial charge in [0.05, 0.1) is 30.1 Å². The molecule has 0 fully saturated rings. The average molecular weight is 450 g/mol. The zero-order chi connectivity index (χ0) is 23.9. The van der Waals surface area contributed by atoms with E-state index in [9.17, 15) is 19.2 Å². The average Bonchev–Trinajstić information content (AvgIpc) is 3.22. The molecular formula is C25H27N3O5. The number of carbonyl (C=O) groups excluding carboxylic acids is 4. The lowest BCUT2D eigenvalue weighted by molar-refractivity contribution is -0.115. The molecule has 2 aromatic carbocycles. The summed E-state index contributed by atoms with van der Waals surface area (Å²) in [7, 11) is 0. The van der Waals surface area contributed by atoms with E-state index in [1.165, 1.54) is 4.90 Å². The highest BCUT2D eigenvalue weighted by atomic mass is 16.6. The number of hydrogen-bond acceptors (Lipinski definition) is 5. The third kappa shape index (κ3) is 4.60. The van der Waals surface area contributed by atoms with Crippen LogP contribution in [-0.4, -0.2) is 46.9 Å². The predicted octanol–water partition coefficient (Wildman–Crippen LogP) is 3.22. The van der Waals surface area contributed by atoms with Crippen LogP contribution in [0.3, 0.4) is 0 Å². The molecule has 2 aliphatic rings. The number of ether oxygens (including phenoxy) is 1. The van der Waals surface area contributed by atoms with Crippen LogP contribution in [0.15, 0.2) is 36.4 Å². The fraction of sp³-hybridized carbons (Fsp3) is 0.360. The molecule has 4 rings (SSSR count). The molecule has 172 valence electrons. The molecule has 8 nitrogen and oxygen atoms in total. The molecule has 2 aromatic rings. The summed E-state index contributed by atoms with van der Waals surface area (Å²) in [6.45, 7) is 7.22. The maximum Gasteiger partial charge on any atom is 0.407 e. The lowest BCUT2D eigenvalue weighted by Gasteiger charge is -2.27. The number of nitrogens with zero attached hydrogens (tertiary/aromatic N) is 1. The topological polar surface area (TPSA) is 105 Å². The second kappa shape index (κ2) is 8.35. The molecule has 33 heavy (non-hydrogen) atoms. The number of hydrogen-bond donors (Lipinski definition) is 2. The minimum Gasteiger partial charge on any atom is -0.444 e. The molecular weight excluding hydrogens is 422 g/mol. The molecule has 0 saturated heterocycles. The van der Waals surface area contributed by atoms with Gasteiger partial charge in [0.15, 0.2) is 0 Å². The first-order chi connectivity index (χ1) is 15.5. The van der Waals surface area contributed by atoms with Crippen molar-refractivity contribution in [3.63, 3.8) is 0 Å². The van der Waals surface area contributed by atoms with Gasteiger partial charge < -0.3 is 15.4 Å². The molecule has 0 radical (unpaired) electrons. The molecule has 0 bridgehead atoms. The molecule has 0 saturated carbocycles. The first-order valence-electron chi connectivity index (χ1n) is 10.9. The van der Waals surface area contributed by atoms with Gasteiger partial charge in [0.1, 0.15) is 5.60 Å². The molecule has 0 aliphatic carbocycles. The highest BCUT2D eigenvalue weighted by Crippen LogP contribution is 2.29. The van der Waals surface area contributed by atoms with Crippen LogP contribution >= 0.6 is 0 Å². The summed E-state index contributed by atoms with van der Waals surface area (Å²) in [5.41, 5.74) is 3.60. The Hall–Kier alpha value is -3.68. The van der Waals surface area contributed by atoms with Crippen LogP contribution in [-0.2, 0) is 22.4 Å². The Morgan fingerprint density at radius 3 is 2.33 bits per heavy atom. The summed E-state index contributed by atoms with van der Waals surface area (Å²) in [6.07, 6.45) is 0.0390. The van der Waals surface area contributed by atoms with Crippen molar-refractivity contribution in [2.75, 3.05) is 11.9 Å². The van der Waals surface area contributed by atoms with E-state index in [-0.39, 0.29) is 24.3 Å². The fourth-order valence-electron chi connectivity index (χ4n) is 4.25. The number of rotatable bonds is 5. The van der Waals surface area contributed by atoms with Crippen molar-refractivity contribution in [3.8, 4) is 0 Å². The monoisotopic (exact) mass is 449 g/mol. The van der Waals surface area contributed by atoms with Gasteiger partial charge in [0.2, 0.25) is 5.91 Å². The van der Waals surface area contributed by atoms with Gasteiger partial charge in [-0.15, -0.1) is 0 Å². The Labute approximate surface area is 192 Å². The van der Waals surface area contributed by atoms with Crippen LogP contribution in [0.5, 0.6) is 0 Å². The van der Waals surface area contributed by atoms with Gasteiger partial charge in [-0.05, 0) is 69.0 Å². The number of carbonyl (C=O) groups is 4. The Kier molecular flexibility index (Phi) is 5.69. The molecule has 8 heteroatoms. The van der Waals surface area contributed by atoms with Gasteiger partial charge >= 0.3 is 6.09 Å². The number of benzene rings is 2. The van der Waals surface area contributed by atoms with E-state index >= 15 is 0 Å². The van der Waals surface area contributed by atoms with Crippen molar-refractivity contribution in [3.05, 3.63) is 64.2 Å². The summed E-state index contributed by atoms with van der Waals surface area (Å²) < 4.78 is 5.41. The van der Waals surface area contributed by atoms with Crippen LogP contribution in [0.1, 0.15) is 58.2 Å². The highest BCUT2D eigenvalue weighted by Gasteiger charge is 2.37. The number of fused-ring (bicyclic) bond motifs is 2. The lowest BCUT2D eigenvalue weighted by Crippen LogP contribution is -2.48. The van der Waals surface area contributed by atoms with E-state index in [1.54, 1.807) is 45.0 Å². The molecule has 0 unspecified atom stereocenters. The molecule has 4 amide bonds. The minimum atomic E-state index is -0.695. The molecule has 2 aliphatic heterocycles. The SMILES string of the molecule is Cc1c(C[C@@H](CN2C(=O)c3ccccc3C2=O)NC(=O)OC(C)(C)C)ccc2c1CC(=O)N2. The lowest BCUT2D eigenvalue weighted by atomic mass is 9.95. The third-order valence-corrected chi connectivity index (χ3v) is 5.79. The van der Waals surface area contributed by atoms with Crippen LogP contribution in [0.4, 0.5) is 10.5 Å². The molecule has 1 atom stereocenters. The highest BCUT2D eigenvalue weighted by molar-refractivity contribution is 6.21. The van der Waals surface area contributed by atoms with Crippen molar-refractivity contribution in [2.24, 2.45) is 0 Å². The van der Waals surface area contributed by atoms with Crippen LogP contribution < -0.4 is 10.6 Å². The molecule has 2 N–H and O–H groups in total. The van der Waals surface area contributed by atoms with Crippen molar-refractivity contribution < 1.29 is 23.9 Å². The van der Waals surface area contributed by atoms with Crippen molar-refractivity contribution in [1.82, 2.24) is 10.2 Å².